The molecule has 0 saturated carbocycles. The fraction of sp³-hybridized carbons (Fsp3) is 0.391. The normalized spacial score (nSPS) is 14.5. The van der Waals surface area contributed by atoms with Gasteiger partial charge in [0.2, 0.25) is 15.9 Å². The molecule has 2 aromatic carbocycles. The number of benzene rings is 2. The Balaban J connectivity index is 1.65. The van der Waals surface area contributed by atoms with Gasteiger partial charge in [-0.1, -0.05) is 18.2 Å². The van der Waals surface area contributed by atoms with Crippen LogP contribution in [0.4, 0.5) is 24.5 Å². The van der Waals surface area contributed by atoms with E-state index in [1.807, 2.05) is 0 Å². The first-order chi connectivity index (χ1) is 16.5. The number of carbonyl (C=O) groups excluding carboxylic acids is 2. The van der Waals surface area contributed by atoms with E-state index in [4.69, 9.17) is 4.74 Å². The molecule has 3 rings (SSSR count). The minimum Gasteiger partial charge on any atom is -0.378 e. The predicted molar refractivity (Wildman–Crippen MR) is 125 cm³/mol. The minimum atomic E-state index is -4.62. The van der Waals surface area contributed by atoms with E-state index < -0.39 is 27.7 Å². The van der Waals surface area contributed by atoms with E-state index in [0.29, 0.717) is 37.6 Å². The number of carbonyl (C=O) groups is 2. The van der Waals surface area contributed by atoms with Gasteiger partial charge in [-0.15, -0.1) is 0 Å². The van der Waals surface area contributed by atoms with Crippen molar-refractivity contribution < 1.29 is 35.9 Å². The smallest absolute Gasteiger partial charge is 0.378 e. The number of nitrogens with zero attached hydrogens (tertiary/aromatic N) is 2. The fourth-order valence-electron chi connectivity index (χ4n) is 3.64. The Morgan fingerprint density at radius 3 is 2.43 bits per heavy atom. The highest BCUT2D eigenvalue weighted by Crippen LogP contribution is 2.32. The summed E-state index contributed by atoms with van der Waals surface area (Å²) >= 11 is 0. The summed E-state index contributed by atoms with van der Waals surface area (Å²) in [6.07, 6.45) is -3.79. The average molecular weight is 514 g/mol. The molecule has 1 saturated heterocycles. The monoisotopic (exact) mass is 513 g/mol. The number of ether oxygens (including phenoxy) is 1. The quantitative estimate of drug-likeness (QED) is 0.584. The van der Waals surface area contributed by atoms with Gasteiger partial charge in [0.25, 0.3) is 5.91 Å². The van der Waals surface area contributed by atoms with E-state index in [-0.39, 0.29) is 31.0 Å². The van der Waals surface area contributed by atoms with Crippen LogP contribution in [0.15, 0.2) is 48.5 Å². The van der Waals surface area contributed by atoms with Crippen molar-refractivity contribution in [3.63, 3.8) is 0 Å². The summed E-state index contributed by atoms with van der Waals surface area (Å²) in [6.45, 7) is 1.56. The minimum absolute atomic E-state index is 0.0503. The third-order valence-electron chi connectivity index (χ3n) is 5.36. The van der Waals surface area contributed by atoms with Crippen molar-refractivity contribution in [2.24, 2.45) is 0 Å². The number of hydrogen-bond donors (Lipinski definition) is 1. The van der Waals surface area contributed by atoms with E-state index >= 15 is 0 Å². The van der Waals surface area contributed by atoms with E-state index in [1.165, 1.54) is 6.07 Å². The van der Waals surface area contributed by atoms with Gasteiger partial charge in [-0.3, -0.25) is 13.9 Å². The summed E-state index contributed by atoms with van der Waals surface area (Å²) in [5.41, 5.74) is -0.455. The Labute approximate surface area is 201 Å². The highest BCUT2D eigenvalue weighted by molar-refractivity contribution is 7.92. The lowest BCUT2D eigenvalue weighted by atomic mass is 10.1. The third kappa shape index (κ3) is 7.18. The molecule has 12 heteroatoms. The van der Waals surface area contributed by atoms with Crippen LogP contribution in [0, 0.1) is 0 Å². The van der Waals surface area contributed by atoms with Crippen molar-refractivity contribution in [2.75, 3.05) is 48.7 Å². The van der Waals surface area contributed by atoms with Crippen LogP contribution in [0.3, 0.4) is 0 Å². The molecule has 0 aliphatic carbocycles. The van der Waals surface area contributed by atoms with Gasteiger partial charge in [0.1, 0.15) is 0 Å². The number of halogens is 3. The second-order valence-electron chi connectivity index (χ2n) is 7.99. The number of para-hydroxylation sites is 1. The lowest BCUT2D eigenvalue weighted by Gasteiger charge is -2.27. The summed E-state index contributed by atoms with van der Waals surface area (Å²) < 4.78 is 69.7. The first-order valence-electron chi connectivity index (χ1n) is 10.9. The van der Waals surface area contributed by atoms with Gasteiger partial charge in [-0.25, -0.2) is 8.42 Å². The molecule has 0 spiro atoms. The van der Waals surface area contributed by atoms with Gasteiger partial charge >= 0.3 is 6.18 Å². The molecular formula is C23H26F3N3O5S. The van der Waals surface area contributed by atoms with Crippen LogP contribution >= 0.6 is 0 Å². The SMILES string of the molecule is CS(=O)(=O)N(CCCC(=O)Nc1ccccc1C(=O)N1CCOCC1)c1cccc(C(F)(F)F)c1. The van der Waals surface area contributed by atoms with E-state index in [9.17, 15) is 31.2 Å². The largest absolute Gasteiger partial charge is 0.416 e. The first-order valence-corrected chi connectivity index (χ1v) is 12.7. The van der Waals surface area contributed by atoms with Gasteiger partial charge in [-0.2, -0.15) is 13.2 Å². The van der Waals surface area contributed by atoms with Crippen LogP contribution in [0.2, 0.25) is 0 Å². The summed E-state index contributed by atoms with van der Waals surface area (Å²) in [5, 5.41) is 2.68. The van der Waals surface area contributed by atoms with Crippen LogP contribution in [-0.4, -0.2) is 64.2 Å². The molecule has 1 aliphatic rings. The average Bonchev–Trinajstić information content (AvgIpc) is 2.81. The summed E-state index contributed by atoms with van der Waals surface area (Å²) in [5.74, 6) is -0.693. The Hall–Kier alpha value is -3.12. The molecule has 190 valence electrons. The number of hydrogen-bond acceptors (Lipinski definition) is 5. The molecule has 0 unspecified atom stereocenters. The number of amides is 2. The van der Waals surface area contributed by atoms with Crippen LogP contribution in [-0.2, 0) is 25.7 Å². The van der Waals surface area contributed by atoms with Gasteiger partial charge < -0.3 is 15.0 Å². The maximum atomic E-state index is 13.0. The van der Waals surface area contributed by atoms with Crippen LogP contribution in [0.5, 0.6) is 0 Å². The van der Waals surface area contributed by atoms with Crippen LogP contribution < -0.4 is 9.62 Å². The molecular weight excluding hydrogens is 487 g/mol. The highest BCUT2D eigenvalue weighted by atomic mass is 32.2. The number of rotatable bonds is 8. The topological polar surface area (TPSA) is 96.0 Å². The molecule has 2 amide bonds. The Bertz CT molecular complexity index is 1160. The Morgan fingerprint density at radius 2 is 1.77 bits per heavy atom. The molecule has 0 atom stereocenters. The number of alkyl halides is 3. The summed E-state index contributed by atoms with van der Waals surface area (Å²) in [4.78, 5) is 27.0. The molecule has 1 heterocycles. The van der Waals surface area contributed by atoms with Gasteiger partial charge in [0.05, 0.1) is 42.0 Å². The van der Waals surface area contributed by atoms with Gasteiger partial charge in [0.15, 0.2) is 0 Å². The number of anilines is 2. The molecule has 8 nitrogen and oxygen atoms in total. The maximum absolute atomic E-state index is 13.0. The lowest BCUT2D eigenvalue weighted by molar-refractivity contribution is -0.137. The lowest BCUT2D eigenvalue weighted by Crippen LogP contribution is -2.41. The van der Waals surface area contributed by atoms with E-state index in [1.54, 1.807) is 29.2 Å². The zero-order valence-corrected chi connectivity index (χ0v) is 19.9. The van der Waals surface area contributed by atoms with Gasteiger partial charge in [-0.05, 0) is 36.8 Å². The second-order valence-corrected chi connectivity index (χ2v) is 9.89. The molecule has 0 bridgehead atoms. The maximum Gasteiger partial charge on any atom is 0.416 e. The third-order valence-corrected chi connectivity index (χ3v) is 6.55. The Kier molecular flexibility index (Phi) is 8.39. The predicted octanol–water partition coefficient (Wildman–Crippen LogP) is 3.36. The zero-order chi connectivity index (χ0) is 25.6. The summed E-state index contributed by atoms with van der Waals surface area (Å²) in [6, 6.07) is 10.6. The highest BCUT2D eigenvalue weighted by Gasteiger charge is 2.31. The molecule has 0 aromatic heterocycles. The van der Waals surface area contributed by atoms with Crippen LogP contribution in [0.25, 0.3) is 0 Å². The fourth-order valence-corrected chi connectivity index (χ4v) is 4.59. The van der Waals surface area contributed by atoms with E-state index in [2.05, 4.69) is 5.32 Å². The van der Waals surface area contributed by atoms with Crippen molar-refractivity contribution in [2.45, 2.75) is 19.0 Å². The molecule has 1 fully saturated rings. The molecule has 1 N–H and O–H groups in total. The molecule has 1 aliphatic heterocycles. The first kappa shape index (κ1) is 26.5. The summed E-state index contributed by atoms with van der Waals surface area (Å²) in [7, 11) is -3.89. The van der Waals surface area contributed by atoms with Crippen molar-refractivity contribution in [1.29, 1.82) is 0 Å². The second kappa shape index (κ2) is 11.1. The van der Waals surface area contributed by atoms with E-state index in [0.717, 1.165) is 28.8 Å². The van der Waals surface area contributed by atoms with Crippen molar-refractivity contribution >= 4 is 33.2 Å². The number of nitrogens with one attached hydrogen (secondary N) is 1. The van der Waals surface area contributed by atoms with Crippen molar-refractivity contribution in [1.82, 2.24) is 4.90 Å². The van der Waals surface area contributed by atoms with Crippen LogP contribution in [0.1, 0.15) is 28.8 Å². The zero-order valence-electron chi connectivity index (χ0n) is 19.0. The number of morpholine rings is 1. The van der Waals surface area contributed by atoms with Crippen molar-refractivity contribution in [3.8, 4) is 0 Å². The molecule has 35 heavy (non-hydrogen) atoms. The standard InChI is InChI=1S/C23H26F3N3O5S/c1-35(32,33)29(18-7-4-6-17(16-18)23(24,25)26)11-5-10-21(30)27-20-9-3-2-8-19(20)22(31)28-12-14-34-15-13-28/h2-4,6-9,16H,5,10-15H2,1H3,(H,27,30). The molecule has 0 radical (unpaired) electrons. The molecule has 2 aromatic rings. The van der Waals surface area contributed by atoms with Gasteiger partial charge in [0, 0.05) is 26.1 Å². The van der Waals surface area contributed by atoms with Crippen molar-refractivity contribution in [3.05, 3.63) is 59.7 Å². The Morgan fingerprint density at radius 1 is 1.09 bits per heavy atom. The number of sulfonamides is 1.